The van der Waals surface area contributed by atoms with Gasteiger partial charge in [0.2, 0.25) is 21.8 Å². The van der Waals surface area contributed by atoms with Crippen molar-refractivity contribution in [1.82, 2.24) is 10.2 Å². The second kappa shape index (κ2) is 7.98. The van der Waals surface area contributed by atoms with Gasteiger partial charge in [-0.15, -0.1) is 12.4 Å². The molecule has 0 aromatic heterocycles. The fourth-order valence-corrected chi connectivity index (χ4v) is 5.06. The maximum Gasteiger partial charge on any atom is 0.238 e. The van der Waals surface area contributed by atoms with Gasteiger partial charge in [0.1, 0.15) is 0 Å². The molecule has 0 spiro atoms. The van der Waals surface area contributed by atoms with Gasteiger partial charge in [0, 0.05) is 37.3 Å². The molecule has 3 heterocycles. The van der Waals surface area contributed by atoms with Crippen LogP contribution in [0.25, 0.3) is 0 Å². The zero-order chi connectivity index (χ0) is 19.2. The lowest BCUT2D eigenvalue weighted by Gasteiger charge is -2.30. The number of amides is 2. The van der Waals surface area contributed by atoms with Crippen molar-refractivity contribution in [1.29, 1.82) is 0 Å². The Hall–Kier alpha value is -1.68. The van der Waals surface area contributed by atoms with E-state index in [0.717, 1.165) is 32.4 Å². The third-order valence-corrected chi connectivity index (χ3v) is 6.75. The summed E-state index contributed by atoms with van der Waals surface area (Å²) in [4.78, 5) is 29.2. The van der Waals surface area contributed by atoms with Crippen LogP contribution in [0.4, 0.5) is 5.69 Å². The number of sulfonamides is 1. The minimum absolute atomic E-state index is 0. The highest BCUT2D eigenvalue weighted by molar-refractivity contribution is 7.89. The molecule has 3 N–H and O–H groups in total. The minimum atomic E-state index is -3.85. The largest absolute Gasteiger partial charge is 0.335 e. The molecule has 2 amide bonds. The van der Waals surface area contributed by atoms with Crippen molar-refractivity contribution >= 4 is 39.9 Å². The summed E-state index contributed by atoms with van der Waals surface area (Å²) in [5, 5.41) is 8.56. The highest BCUT2D eigenvalue weighted by atomic mass is 35.5. The molecule has 3 unspecified atom stereocenters. The summed E-state index contributed by atoms with van der Waals surface area (Å²) in [5.74, 6) is -0.512. The number of benzene rings is 1. The van der Waals surface area contributed by atoms with E-state index >= 15 is 0 Å². The van der Waals surface area contributed by atoms with Crippen molar-refractivity contribution < 1.29 is 18.0 Å². The van der Waals surface area contributed by atoms with Gasteiger partial charge in [-0.2, -0.15) is 0 Å². The Labute approximate surface area is 170 Å². The van der Waals surface area contributed by atoms with Gasteiger partial charge in [0.05, 0.1) is 10.8 Å². The summed E-state index contributed by atoms with van der Waals surface area (Å²) in [7, 11) is -3.85. The SMILES string of the molecule is Cl.NS(=O)(=O)c1cccc(N2CC(C(=O)N3C4CCNCC3CC4)CC2=O)c1. The van der Waals surface area contributed by atoms with E-state index in [2.05, 4.69) is 5.32 Å². The molecule has 3 fully saturated rings. The van der Waals surface area contributed by atoms with E-state index in [1.165, 1.54) is 17.0 Å². The van der Waals surface area contributed by atoms with Crippen LogP contribution in [0.5, 0.6) is 0 Å². The third kappa shape index (κ3) is 3.89. The topological polar surface area (TPSA) is 113 Å². The number of halogens is 1. The monoisotopic (exact) mass is 428 g/mol. The van der Waals surface area contributed by atoms with E-state index in [4.69, 9.17) is 5.14 Å². The first kappa shape index (κ1) is 21.0. The zero-order valence-corrected chi connectivity index (χ0v) is 17.0. The van der Waals surface area contributed by atoms with E-state index in [9.17, 15) is 18.0 Å². The molecule has 28 heavy (non-hydrogen) atoms. The van der Waals surface area contributed by atoms with Crippen molar-refractivity contribution in [3.8, 4) is 0 Å². The smallest absolute Gasteiger partial charge is 0.238 e. The number of anilines is 1. The van der Waals surface area contributed by atoms with Crippen LogP contribution in [0.3, 0.4) is 0 Å². The van der Waals surface area contributed by atoms with Crippen molar-refractivity contribution in [3.05, 3.63) is 24.3 Å². The molecule has 8 nitrogen and oxygen atoms in total. The van der Waals surface area contributed by atoms with Crippen LogP contribution < -0.4 is 15.4 Å². The number of fused-ring (bicyclic) bond motifs is 2. The minimum Gasteiger partial charge on any atom is -0.335 e. The van der Waals surface area contributed by atoms with Gasteiger partial charge in [0.25, 0.3) is 0 Å². The number of hydrogen-bond acceptors (Lipinski definition) is 5. The highest BCUT2D eigenvalue weighted by Gasteiger charge is 2.44. The van der Waals surface area contributed by atoms with Crippen LogP contribution in [-0.4, -0.2) is 56.9 Å². The summed E-state index contributed by atoms with van der Waals surface area (Å²) in [6.45, 7) is 2.00. The molecular weight excluding hydrogens is 404 g/mol. The van der Waals surface area contributed by atoms with Crippen molar-refractivity contribution in [3.63, 3.8) is 0 Å². The standard InChI is InChI=1S/C18H24N4O4S.ClH/c19-27(25,26)16-3-1-2-14(9-16)21-11-12(8-17(21)23)18(24)22-13-4-5-15(22)10-20-7-6-13;/h1-3,9,12-13,15,20H,4-8,10-11H2,(H2,19,25,26);1H. The lowest BCUT2D eigenvalue weighted by atomic mass is 10.1. The fourth-order valence-electron chi connectivity index (χ4n) is 4.50. The Balaban J connectivity index is 0.00000225. The number of primary sulfonamides is 1. The average Bonchev–Trinajstić information content (AvgIpc) is 3.12. The van der Waals surface area contributed by atoms with Gasteiger partial charge in [-0.05, 0) is 44.0 Å². The second-order valence-corrected chi connectivity index (χ2v) is 9.13. The van der Waals surface area contributed by atoms with E-state index in [1.807, 2.05) is 4.90 Å². The molecule has 10 heteroatoms. The lowest BCUT2D eigenvalue weighted by molar-refractivity contribution is -0.138. The molecule has 3 aliphatic heterocycles. The van der Waals surface area contributed by atoms with E-state index in [1.54, 1.807) is 12.1 Å². The third-order valence-electron chi connectivity index (χ3n) is 5.84. The molecule has 0 radical (unpaired) electrons. The molecule has 3 aliphatic rings. The van der Waals surface area contributed by atoms with Crippen molar-refractivity contribution in [2.45, 2.75) is 42.7 Å². The van der Waals surface area contributed by atoms with Gasteiger partial charge in [-0.3, -0.25) is 9.59 Å². The molecule has 1 aromatic rings. The average molecular weight is 429 g/mol. The van der Waals surface area contributed by atoms with Crippen LogP contribution in [0.1, 0.15) is 25.7 Å². The Morgan fingerprint density at radius 2 is 1.93 bits per heavy atom. The summed E-state index contributed by atoms with van der Waals surface area (Å²) in [6, 6.07) is 6.47. The van der Waals surface area contributed by atoms with Gasteiger partial charge in [-0.25, -0.2) is 13.6 Å². The summed E-state index contributed by atoms with van der Waals surface area (Å²) in [6.07, 6.45) is 3.13. The first-order chi connectivity index (χ1) is 12.8. The second-order valence-electron chi connectivity index (χ2n) is 7.57. The van der Waals surface area contributed by atoms with Gasteiger partial charge >= 0.3 is 0 Å². The Bertz CT molecular complexity index is 864. The maximum atomic E-state index is 13.2. The van der Waals surface area contributed by atoms with Gasteiger partial charge in [0.15, 0.2) is 0 Å². The normalized spacial score (nSPS) is 27.5. The van der Waals surface area contributed by atoms with Crippen LogP contribution in [0.2, 0.25) is 0 Å². The van der Waals surface area contributed by atoms with Crippen LogP contribution in [0, 0.1) is 5.92 Å². The highest BCUT2D eigenvalue weighted by Crippen LogP contribution is 2.33. The van der Waals surface area contributed by atoms with Gasteiger partial charge in [-0.1, -0.05) is 6.07 Å². The van der Waals surface area contributed by atoms with E-state index in [0.29, 0.717) is 5.69 Å². The number of carbonyl (C=O) groups is 2. The summed E-state index contributed by atoms with van der Waals surface area (Å²) < 4.78 is 23.2. The van der Waals surface area contributed by atoms with Crippen molar-refractivity contribution in [2.75, 3.05) is 24.5 Å². The number of rotatable bonds is 3. The Morgan fingerprint density at radius 1 is 1.18 bits per heavy atom. The number of hydrogen-bond donors (Lipinski definition) is 2. The molecule has 0 aliphatic carbocycles. The number of nitrogens with two attached hydrogens (primary N) is 1. The summed E-state index contributed by atoms with van der Waals surface area (Å²) >= 11 is 0. The molecular formula is C18H25ClN4O4S. The molecule has 2 bridgehead atoms. The predicted molar refractivity (Wildman–Crippen MR) is 107 cm³/mol. The molecule has 3 atom stereocenters. The molecule has 4 rings (SSSR count). The molecule has 1 aromatic carbocycles. The number of nitrogens with one attached hydrogen (secondary N) is 1. The molecule has 3 saturated heterocycles. The molecule has 154 valence electrons. The van der Waals surface area contributed by atoms with Crippen LogP contribution in [0.15, 0.2) is 29.2 Å². The van der Waals surface area contributed by atoms with Crippen molar-refractivity contribution in [2.24, 2.45) is 11.1 Å². The zero-order valence-electron chi connectivity index (χ0n) is 15.4. The van der Waals surface area contributed by atoms with E-state index in [-0.39, 0.29) is 54.2 Å². The van der Waals surface area contributed by atoms with Crippen LogP contribution in [-0.2, 0) is 19.6 Å². The first-order valence-corrected chi connectivity index (χ1v) is 10.9. The Morgan fingerprint density at radius 3 is 2.68 bits per heavy atom. The van der Waals surface area contributed by atoms with Gasteiger partial charge < -0.3 is 15.1 Å². The number of nitrogens with zero attached hydrogens (tertiary/aromatic N) is 2. The maximum absolute atomic E-state index is 13.2. The fraction of sp³-hybridized carbons (Fsp3) is 0.556. The van der Waals surface area contributed by atoms with E-state index < -0.39 is 15.9 Å². The quantitative estimate of drug-likeness (QED) is 0.726. The Kier molecular flexibility index (Phi) is 6.00. The summed E-state index contributed by atoms with van der Waals surface area (Å²) in [5.41, 5.74) is 0.460. The lowest BCUT2D eigenvalue weighted by Crippen LogP contribution is -2.46. The van der Waals surface area contributed by atoms with Crippen LogP contribution >= 0.6 is 12.4 Å². The molecule has 0 saturated carbocycles. The predicted octanol–water partition coefficient (Wildman–Crippen LogP) is 0.462. The number of carbonyl (C=O) groups excluding carboxylic acids is 2. The first-order valence-electron chi connectivity index (χ1n) is 9.31.